The first kappa shape index (κ1) is 10.3. The van der Waals surface area contributed by atoms with Crippen LogP contribution in [-0.2, 0) is 0 Å². The molecule has 1 aliphatic rings. The van der Waals surface area contributed by atoms with Gasteiger partial charge in [0.2, 0.25) is 0 Å². The van der Waals surface area contributed by atoms with Gasteiger partial charge in [-0.2, -0.15) is 0 Å². The fraction of sp³-hybridized carbons (Fsp3) is 0.875. The largest absolute Gasteiger partial charge is 0.465 e. The highest BCUT2D eigenvalue weighted by Crippen LogP contribution is 2.22. The summed E-state index contributed by atoms with van der Waals surface area (Å²) in [4.78, 5) is 12.0. The molecule has 0 bridgehead atoms. The average Bonchev–Trinajstić information content (AvgIpc) is 2.05. The SMILES string of the molecule is NCCC1(N)CCN(C(=O)O)CC1. The summed E-state index contributed by atoms with van der Waals surface area (Å²) in [5.41, 5.74) is 11.2. The number of hydrogen-bond donors (Lipinski definition) is 3. The molecule has 76 valence electrons. The van der Waals surface area contributed by atoms with Crippen LogP contribution in [0.3, 0.4) is 0 Å². The zero-order valence-electron chi connectivity index (χ0n) is 7.70. The molecule has 1 heterocycles. The van der Waals surface area contributed by atoms with Gasteiger partial charge < -0.3 is 21.5 Å². The summed E-state index contributed by atoms with van der Waals surface area (Å²) >= 11 is 0. The predicted molar refractivity (Wildman–Crippen MR) is 49.4 cm³/mol. The maximum Gasteiger partial charge on any atom is 0.407 e. The number of nitrogens with two attached hydrogens (primary N) is 2. The Morgan fingerprint density at radius 3 is 2.38 bits per heavy atom. The standard InChI is InChI=1S/C8H17N3O2/c9-4-1-8(10)2-5-11(6-3-8)7(12)13/h1-6,9-10H2,(H,12,13). The van der Waals surface area contributed by atoms with Crippen LogP contribution in [0.1, 0.15) is 19.3 Å². The van der Waals surface area contributed by atoms with Crippen molar-refractivity contribution in [1.29, 1.82) is 0 Å². The maximum atomic E-state index is 10.6. The van der Waals surface area contributed by atoms with Crippen LogP contribution < -0.4 is 11.5 Å². The minimum atomic E-state index is -0.852. The first-order valence-corrected chi connectivity index (χ1v) is 4.54. The van der Waals surface area contributed by atoms with Crippen LogP contribution in [0.4, 0.5) is 4.79 Å². The molecule has 0 atom stereocenters. The molecule has 0 spiro atoms. The lowest BCUT2D eigenvalue weighted by Crippen LogP contribution is -2.52. The molecular formula is C8H17N3O2. The third-order valence-corrected chi connectivity index (χ3v) is 2.67. The summed E-state index contributed by atoms with van der Waals surface area (Å²) in [6.45, 7) is 1.64. The Labute approximate surface area is 77.7 Å². The molecule has 5 heteroatoms. The van der Waals surface area contributed by atoms with E-state index >= 15 is 0 Å². The quantitative estimate of drug-likeness (QED) is 0.558. The van der Waals surface area contributed by atoms with Gasteiger partial charge >= 0.3 is 6.09 Å². The molecule has 0 aliphatic carbocycles. The van der Waals surface area contributed by atoms with Gasteiger partial charge in [0.05, 0.1) is 0 Å². The number of rotatable bonds is 2. The summed E-state index contributed by atoms with van der Waals surface area (Å²) < 4.78 is 0. The van der Waals surface area contributed by atoms with Gasteiger partial charge in [0.15, 0.2) is 0 Å². The van der Waals surface area contributed by atoms with Gasteiger partial charge in [-0.25, -0.2) is 4.79 Å². The number of nitrogens with zero attached hydrogens (tertiary/aromatic N) is 1. The van der Waals surface area contributed by atoms with E-state index in [-0.39, 0.29) is 5.54 Å². The van der Waals surface area contributed by atoms with E-state index in [0.29, 0.717) is 19.6 Å². The van der Waals surface area contributed by atoms with Crippen molar-refractivity contribution < 1.29 is 9.90 Å². The molecule has 0 aromatic heterocycles. The highest BCUT2D eigenvalue weighted by Gasteiger charge is 2.31. The summed E-state index contributed by atoms with van der Waals surface area (Å²) in [5, 5.41) is 8.70. The molecule has 0 saturated carbocycles. The second-order valence-electron chi connectivity index (χ2n) is 3.67. The summed E-state index contributed by atoms with van der Waals surface area (Å²) in [6, 6.07) is 0. The Bertz CT molecular complexity index is 188. The molecule has 1 rings (SSSR count). The first-order chi connectivity index (χ1) is 6.07. The minimum Gasteiger partial charge on any atom is -0.465 e. The second-order valence-corrected chi connectivity index (χ2v) is 3.67. The number of amides is 1. The molecule has 0 aromatic carbocycles. The Balaban J connectivity index is 2.41. The van der Waals surface area contributed by atoms with Crippen molar-refractivity contribution in [2.75, 3.05) is 19.6 Å². The predicted octanol–water partition coefficient (Wildman–Crippen LogP) is -0.193. The van der Waals surface area contributed by atoms with Crippen molar-refractivity contribution in [3.8, 4) is 0 Å². The maximum absolute atomic E-state index is 10.6. The van der Waals surface area contributed by atoms with E-state index in [1.807, 2.05) is 0 Å². The van der Waals surface area contributed by atoms with Crippen LogP contribution in [0, 0.1) is 0 Å². The van der Waals surface area contributed by atoms with Crippen LogP contribution >= 0.6 is 0 Å². The number of likely N-dealkylation sites (tertiary alicyclic amines) is 1. The topological polar surface area (TPSA) is 92.6 Å². The third kappa shape index (κ3) is 2.57. The lowest BCUT2D eigenvalue weighted by Gasteiger charge is -2.37. The van der Waals surface area contributed by atoms with Crippen LogP contribution in [0.2, 0.25) is 0 Å². The zero-order chi connectivity index (χ0) is 9.90. The van der Waals surface area contributed by atoms with Crippen molar-refractivity contribution in [1.82, 2.24) is 4.90 Å². The van der Waals surface area contributed by atoms with Crippen molar-refractivity contribution in [2.24, 2.45) is 11.5 Å². The lowest BCUT2D eigenvalue weighted by molar-refractivity contribution is 0.116. The molecule has 1 aliphatic heterocycles. The molecule has 1 saturated heterocycles. The van der Waals surface area contributed by atoms with Crippen LogP contribution in [-0.4, -0.2) is 41.3 Å². The van der Waals surface area contributed by atoms with Gasteiger partial charge in [-0.1, -0.05) is 0 Å². The van der Waals surface area contributed by atoms with Crippen molar-refractivity contribution in [3.63, 3.8) is 0 Å². The molecule has 1 fully saturated rings. The summed E-state index contributed by atoms with van der Waals surface area (Å²) in [7, 11) is 0. The monoisotopic (exact) mass is 187 g/mol. The number of hydrogen-bond acceptors (Lipinski definition) is 3. The van der Waals surface area contributed by atoms with Gasteiger partial charge in [-0.3, -0.25) is 0 Å². The molecule has 0 aromatic rings. The Morgan fingerprint density at radius 2 is 2.00 bits per heavy atom. The van der Waals surface area contributed by atoms with E-state index in [9.17, 15) is 4.79 Å². The summed E-state index contributed by atoms with van der Waals surface area (Å²) in [5.74, 6) is 0. The van der Waals surface area contributed by atoms with Gasteiger partial charge in [-0.05, 0) is 25.8 Å². The molecule has 13 heavy (non-hydrogen) atoms. The smallest absolute Gasteiger partial charge is 0.407 e. The first-order valence-electron chi connectivity index (χ1n) is 4.54. The molecule has 5 N–H and O–H groups in total. The molecule has 0 unspecified atom stereocenters. The number of carbonyl (C=O) groups is 1. The minimum absolute atomic E-state index is 0.235. The van der Waals surface area contributed by atoms with E-state index < -0.39 is 6.09 Å². The molecule has 1 amide bonds. The van der Waals surface area contributed by atoms with E-state index in [1.54, 1.807) is 0 Å². The Morgan fingerprint density at radius 1 is 1.46 bits per heavy atom. The second kappa shape index (κ2) is 3.93. The van der Waals surface area contributed by atoms with Crippen LogP contribution in [0.15, 0.2) is 0 Å². The fourth-order valence-corrected chi connectivity index (χ4v) is 1.68. The van der Waals surface area contributed by atoms with Gasteiger partial charge in [0.25, 0.3) is 0 Å². The van der Waals surface area contributed by atoms with Crippen molar-refractivity contribution in [3.05, 3.63) is 0 Å². The molecule has 0 radical (unpaired) electrons. The van der Waals surface area contributed by atoms with Gasteiger partial charge in [0.1, 0.15) is 0 Å². The normalized spacial score (nSPS) is 21.5. The van der Waals surface area contributed by atoms with Gasteiger partial charge in [-0.15, -0.1) is 0 Å². The van der Waals surface area contributed by atoms with Crippen LogP contribution in [0.25, 0.3) is 0 Å². The highest BCUT2D eigenvalue weighted by atomic mass is 16.4. The Hall–Kier alpha value is -0.810. The number of carboxylic acid groups (broad SMARTS) is 1. The Kier molecular flexibility index (Phi) is 3.11. The summed E-state index contributed by atoms with van der Waals surface area (Å²) in [6.07, 6.45) is 1.36. The molecular weight excluding hydrogens is 170 g/mol. The van der Waals surface area contributed by atoms with E-state index in [0.717, 1.165) is 19.3 Å². The highest BCUT2D eigenvalue weighted by molar-refractivity contribution is 5.65. The fourth-order valence-electron chi connectivity index (χ4n) is 1.68. The van der Waals surface area contributed by atoms with Crippen molar-refractivity contribution in [2.45, 2.75) is 24.8 Å². The molecule has 5 nitrogen and oxygen atoms in total. The zero-order valence-corrected chi connectivity index (χ0v) is 7.70. The third-order valence-electron chi connectivity index (χ3n) is 2.67. The number of piperidine rings is 1. The van der Waals surface area contributed by atoms with Crippen LogP contribution in [0.5, 0.6) is 0 Å². The van der Waals surface area contributed by atoms with E-state index in [4.69, 9.17) is 16.6 Å². The van der Waals surface area contributed by atoms with E-state index in [1.165, 1.54) is 4.90 Å². The lowest BCUT2D eigenvalue weighted by atomic mass is 9.86. The van der Waals surface area contributed by atoms with Gasteiger partial charge in [0, 0.05) is 18.6 Å². The average molecular weight is 187 g/mol. The van der Waals surface area contributed by atoms with E-state index in [2.05, 4.69) is 0 Å². The van der Waals surface area contributed by atoms with Crippen molar-refractivity contribution >= 4 is 6.09 Å².